The van der Waals surface area contributed by atoms with Crippen molar-refractivity contribution in [2.75, 3.05) is 19.6 Å². The summed E-state index contributed by atoms with van der Waals surface area (Å²) in [5, 5.41) is 0. The summed E-state index contributed by atoms with van der Waals surface area (Å²) in [6.45, 7) is 2.61. The van der Waals surface area contributed by atoms with Crippen molar-refractivity contribution in [1.29, 1.82) is 0 Å². The van der Waals surface area contributed by atoms with E-state index in [-0.39, 0.29) is 5.91 Å². The Morgan fingerprint density at radius 3 is 2.74 bits per heavy atom. The van der Waals surface area contributed by atoms with E-state index in [1.807, 2.05) is 47.4 Å². The number of carbonyl (C=O) groups is 1. The SMILES string of the molecule is NC[C@H]1CCN(C(=O)c2ccc(OCc3ccccn3)cc2)C1. The third-order valence-electron chi connectivity index (χ3n) is 4.12. The second kappa shape index (κ2) is 7.24. The highest BCUT2D eigenvalue weighted by Crippen LogP contribution is 2.19. The molecule has 1 saturated heterocycles. The van der Waals surface area contributed by atoms with Crippen LogP contribution >= 0.6 is 0 Å². The Bertz CT molecular complexity index is 643. The summed E-state index contributed by atoms with van der Waals surface area (Å²) in [6, 6.07) is 13.0. The minimum atomic E-state index is 0.0669. The van der Waals surface area contributed by atoms with E-state index in [1.165, 1.54) is 0 Å². The number of nitrogens with zero attached hydrogens (tertiary/aromatic N) is 2. The van der Waals surface area contributed by atoms with Crippen LogP contribution in [-0.2, 0) is 6.61 Å². The van der Waals surface area contributed by atoms with Gasteiger partial charge in [0, 0.05) is 24.8 Å². The molecule has 0 radical (unpaired) electrons. The van der Waals surface area contributed by atoms with Gasteiger partial charge in [-0.3, -0.25) is 9.78 Å². The third-order valence-corrected chi connectivity index (χ3v) is 4.12. The van der Waals surface area contributed by atoms with E-state index < -0.39 is 0 Å². The highest BCUT2D eigenvalue weighted by molar-refractivity contribution is 5.94. The molecule has 1 aliphatic heterocycles. The number of hydrogen-bond acceptors (Lipinski definition) is 4. The lowest BCUT2D eigenvalue weighted by atomic mass is 10.1. The predicted molar refractivity (Wildman–Crippen MR) is 88.1 cm³/mol. The first-order valence-corrected chi connectivity index (χ1v) is 7.88. The molecule has 1 amide bonds. The lowest BCUT2D eigenvalue weighted by molar-refractivity contribution is 0.0787. The largest absolute Gasteiger partial charge is 0.487 e. The fourth-order valence-electron chi connectivity index (χ4n) is 2.73. The minimum Gasteiger partial charge on any atom is -0.487 e. The topological polar surface area (TPSA) is 68.5 Å². The molecule has 0 aliphatic carbocycles. The van der Waals surface area contributed by atoms with Gasteiger partial charge in [0.2, 0.25) is 0 Å². The molecule has 0 bridgehead atoms. The minimum absolute atomic E-state index is 0.0669. The maximum absolute atomic E-state index is 12.4. The van der Waals surface area contributed by atoms with Gasteiger partial charge in [-0.1, -0.05) is 6.07 Å². The average molecular weight is 311 g/mol. The van der Waals surface area contributed by atoms with E-state index in [0.29, 0.717) is 24.6 Å². The van der Waals surface area contributed by atoms with Crippen LogP contribution < -0.4 is 10.5 Å². The second-order valence-electron chi connectivity index (χ2n) is 5.78. The van der Waals surface area contributed by atoms with Crippen LogP contribution in [0.15, 0.2) is 48.7 Å². The Morgan fingerprint density at radius 1 is 1.26 bits per heavy atom. The first-order chi connectivity index (χ1) is 11.3. The first kappa shape index (κ1) is 15.5. The number of amides is 1. The quantitative estimate of drug-likeness (QED) is 0.918. The fraction of sp³-hybridized carbons (Fsp3) is 0.333. The van der Waals surface area contributed by atoms with Crippen LogP contribution in [0.4, 0.5) is 0 Å². The number of aromatic nitrogens is 1. The molecular weight excluding hydrogens is 290 g/mol. The van der Waals surface area contributed by atoms with Gasteiger partial charge in [0.1, 0.15) is 12.4 Å². The number of nitrogens with two attached hydrogens (primary N) is 1. The molecule has 0 spiro atoms. The Balaban J connectivity index is 1.57. The summed E-state index contributed by atoms with van der Waals surface area (Å²) in [6.07, 6.45) is 2.73. The van der Waals surface area contributed by atoms with Crippen LogP contribution in [0.2, 0.25) is 0 Å². The standard InChI is InChI=1S/C18H21N3O2/c19-11-14-8-10-21(12-14)18(22)15-4-6-17(7-5-15)23-13-16-3-1-2-9-20-16/h1-7,9,14H,8,10-13,19H2/t14-/m1/s1. The maximum Gasteiger partial charge on any atom is 0.253 e. The second-order valence-corrected chi connectivity index (χ2v) is 5.78. The molecule has 1 fully saturated rings. The lowest BCUT2D eigenvalue weighted by Gasteiger charge is -2.16. The van der Waals surface area contributed by atoms with Crippen molar-refractivity contribution >= 4 is 5.91 Å². The molecule has 2 heterocycles. The van der Waals surface area contributed by atoms with Gasteiger partial charge in [-0.05, 0) is 55.3 Å². The van der Waals surface area contributed by atoms with Crippen molar-refractivity contribution in [2.45, 2.75) is 13.0 Å². The van der Waals surface area contributed by atoms with Crippen LogP contribution in [0.25, 0.3) is 0 Å². The molecule has 2 N–H and O–H groups in total. The monoisotopic (exact) mass is 311 g/mol. The number of ether oxygens (including phenoxy) is 1. The molecule has 1 aromatic carbocycles. The van der Waals surface area contributed by atoms with Crippen molar-refractivity contribution in [3.63, 3.8) is 0 Å². The fourth-order valence-corrected chi connectivity index (χ4v) is 2.73. The molecule has 0 unspecified atom stereocenters. The van der Waals surface area contributed by atoms with Gasteiger partial charge in [0.15, 0.2) is 0 Å². The van der Waals surface area contributed by atoms with E-state index in [0.717, 1.165) is 31.0 Å². The molecule has 3 rings (SSSR count). The lowest BCUT2D eigenvalue weighted by Crippen LogP contribution is -2.29. The zero-order valence-corrected chi connectivity index (χ0v) is 13.0. The maximum atomic E-state index is 12.4. The van der Waals surface area contributed by atoms with Gasteiger partial charge in [0.05, 0.1) is 5.69 Å². The Kier molecular flexibility index (Phi) is 4.88. The van der Waals surface area contributed by atoms with Crippen LogP contribution in [-0.4, -0.2) is 35.4 Å². The van der Waals surface area contributed by atoms with Gasteiger partial charge >= 0.3 is 0 Å². The van der Waals surface area contributed by atoms with E-state index in [2.05, 4.69) is 4.98 Å². The molecule has 1 aliphatic rings. The molecule has 5 heteroatoms. The van der Waals surface area contributed by atoms with Gasteiger partial charge < -0.3 is 15.4 Å². The van der Waals surface area contributed by atoms with Crippen LogP contribution in [0, 0.1) is 5.92 Å². The molecule has 2 aromatic rings. The van der Waals surface area contributed by atoms with Crippen LogP contribution in [0.3, 0.4) is 0 Å². The van der Waals surface area contributed by atoms with E-state index in [4.69, 9.17) is 10.5 Å². The number of benzene rings is 1. The Morgan fingerprint density at radius 2 is 2.09 bits per heavy atom. The smallest absolute Gasteiger partial charge is 0.253 e. The van der Waals surface area contributed by atoms with E-state index >= 15 is 0 Å². The molecular formula is C18H21N3O2. The predicted octanol–water partition coefficient (Wildman–Crippen LogP) is 2.08. The first-order valence-electron chi connectivity index (χ1n) is 7.88. The van der Waals surface area contributed by atoms with E-state index in [1.54, 1.807) is 6.20 Å². The highest BCUT2D eigenvalue weighted by atomic mass is 16.5. The van der Waals surface area contributed by atoms with Gasteiger partial charge in [-0.25, -0.2) is 0 Å². The number of carbonyl (C=O) groups excluding carboxylic acids is 1. The number of pyridine rings is 1. The van der Waals surface area contributed by atoms with Crippen molar-refractivity contribution in [3.05, 3.63) is 59.9 Å². The number of hydrogen-bond donors (Lipinski definition) is 1. The zero-order valence-electron chi connectivity index (χ0n) is 13.0. The number of likely N-dealkylation sites (tertiary alicyclic amines) is 1. The summed E-state index contributed by atoms with van der Waals surface area (Å²) in [5.41, 5.74) is 7.24. The van der Waals surface area contributed by atoms with Crippen molar-refractivity contribution in [3.8, 4) is 5.75 Å². The molecule has 1 aromatic heterocycles. The van der Waals surface area contributed by atoms with Gasteiger partial charge in [0.25, 0.3) is 5.91 Å². The summed E-state index contributed by atoms with van der Waals surface area (Å²) in [4.78, 5) is 18.5. The van der Waals surface area contributed by atoms with Crippen LogP contribution in [0.1, 0.15) is 22.5 Å². The zero-order chi connectivity index (χ0) is 16.1. The normalized spacial score (nSPS) is 17.3. The molecule has 1 atom stereocenters. The van der Waals surface area contributed by atoms with Crippen molar-refractivity contribution in [1.82, 2.24) is 9.88 Å². The van der Waals surface area contributed by atoms with Crippen LogP contribution in [0.5, 0.6) is 5.75 Å². The van der Waals surface area contributed by atoms with Gasteiger partial charge in [-0.15, -0.1) is 0 Å². The highest BCUT2D eigenvalue weighted by Gasteiger charge is 2.25. The molecule has 5 nitrogen and oxygen atoms in total. The van der Waals surface area contributed by atoms with Crippen molar-refractivity contribution in [2.24, 2.45) is 11.7 Å². The third kappa shape index (κ3) is 3.87. The van der Waals surface area contributed by atoms with Crippen molar-refractivity contribution < 1.29 is 9.53 Å². The summed E-state index contributed by atoms with van der Waals surface area (Å²) < 4.78 is 5.68. The molecule has 23 heavy (non-hydrogen) atoms. The Labute approximate surface area is 136 Å². The average Bonchev–Trinajstić information content (AvgIpc) is 3.10. The molecule has 0 saturated carbocycles. The summed E-state index contributed by atoms with van der Waals surface area (Å²) in [7, 11) is 0. The van der Waals surface area contributed by atoms with E-state index in [9.17, 15) is 4.79 Å². The summed E-state index contributed by atoms with van der Waals surface area (Å²) >= 11 is 0. The summed E-state index contributed by atoms with van der Waals surface area (Å²) in [5.74, 6) is 1.23. The number of rotatable bonds is 5. The molecule has 120 valence electrons. The Hall–Kier alpha value is -2.40. The van der Waals surface area contributed by atoms with Gasteiger partial charge in [-0.2, -0.15) is 0 Å².